The lowest BCUT2D eigenvalue weighted by molar-refractivity contribution is 0.0988. The molecule has 0 aliphatic rings. The minimum atomic E-state index is -3.72. The summed E-state index contributed by atoms with van der Waals surface area (Å²) in [6, 6.07) is 4.22. The molecule has 1 aromatic rings. The van der Waals surface area contributed by atoms with Crippen LogP contribution in [0.5, 0.6) is 0 Å². The van der Waals surface area contributed by atoms with Gasteiger partial charge < -0.3 is 0 Å². The highest BCUT2D eigenvalue weighted by molar-refractivity contribution is 7.89. The molecule has 6 heteroatoms. The van der Waals surface area contributed by atoms with Gasteiger partial charge in [-0.25, -0.2) is 13.1 Å². The quantitative estimate of drug-likeness (QED) is 0.645. The molecule has 0 fully saturated rings. The second-order valence-corrected chi connectivity index (χ2v) is 5.71. The van der Waals surface area contributed by atoms with E-state index in [4.69, 9.17) is 11.6 Å². The third-order valence-electron chi connectivity index (χ3n) is 2.28. The first-order chi connectivity index (χ1) is 8.42. The number of sulfonamides is 1. The predicted octanol–water partition coefficient (Wildman–Crippen LogP) is 2.40. The van der Waals surface area contributed by atoms with Crippen molar-refractivity contribution in [2.75, 3.05) is 6.54 Å². The maximum absolute atomic E-state index is 11.9. The lowest BCUT2D eigenvalue weighted by atomic mass is 10.1. The Hall–Kier alpha value is -1.17. The summed E-state index contributed by atoms with van der Waals surface area (Å²) >= 11 is 5.85. The largest absolute Gasteiger partial charge is 0.294 e. The van der Waals surface area contributed by atoms with Crippen LogP contribution in [0.4, 0.5) is 0 Å². The molecule has 0 radical (unpaired) electrons. The fourth-order valence-electron chi connectivity index (χ4n) is 1.33. The molecular weight excluding hydrogens is 274 g/mol. The van der Waals surface area contributed by atoms with Crippen LogP contribution in [0.3, 0.4) is 0 Å². The average Bonchev–Trinajstić information content (AvgIpc) is 2.35. The molecule has 1 aromatic carbocycles. The zero-order valence-electron chi connectivity index (χ0n) is 9.94. The molecule has 0 unspecified atom stereocenters. The molecular formula is C12H14ClNO3S. The lowest BCUT2D eigenvalue weighted by Gasteiger charge is -2.08. The Kier molecular flexibility index (Phi) is 5.07. The molecule has 0 aliphatic heterocycles. The van der Waals surface area contributed by atoms with Crippen LogP contribution in [0.25, 0.3) is 0 Å². The normalized spacial score (nSPS) is 11.2. The van der Waals surface area contributed by atoms with E-state index in [1.807, 2.05) is 0 Å². The van der Waals surface area contributed by atoms with Crippen LogP contribution in [-0.4, -0.2) is 20.7 Å². The summed E-state index contributed by atoms with van der Waals surface area (Å²) < 4.78 is 26.1. The second kappa shape index (κ2) is 6.13. The highest BCUT2D eigenvalue weighted by Crippen LogP contribution is 2.23. The molecule has 0 atom stereocenters. The summed E-state index contributed by atoms with van der Waals surface area (Å²) in [6.07, 6.45) is 1.73. The molecule has 98 valence electrons. The van der Waals surface area contributed by atoms with E-state index in [0.29, 0.717) is 12.0 Å². The van der Waals surface area contributed by atoms with Crippen LogP contribution in [0.15, 0.2) is 35.7 Å². The number of rotatable bonds is 6. The number of hydrogen-bond donors (Lipinski definition) is 1. The monoisotopic (exact) mass is 287 g/mol. The lowest BCUT2D eigenvalue weighted by Crippen LogP contribution is -2.24. The SMILES string of the molecule is C=CCNS(=O)(=O)c1cc(C(=O)CC)ccc1Cl. The summed E-state index contributed by atoms with van der Waals surface area (Å²) in [4.78, 5) is 11.5. The number of halogens is 1. The molecule has 4 nitrogen and oxygen atoms in total. The number of hydrogen-bond acceptors (Lipinski definition) is 3. The van der Waals surface area contributed by atoms with Crippen molar-refractivity contribution < 1.29 is 13.2 Å². The van der Waals surface area contributed by atoms with E-state index in [9.17, 15) is 13.2 Å². The molecule has 0 spiro atoms. The van der Waals surface area contributed by atoms with E-state index < -0.39 is 10.0 Å². The minimum Gasteiger partial charge on any atom is -0.294 e. The van der Waals surface area contributed by atoms with Crippen LogP contribution in [0.1, 0.15) is 23.7 Å². The van der Waals surface area contributed by atoms with Gasteiger partial charge in [-0.05, 0) is 18.2 Å². The predicted molar refractivity (Wildman–Crippen MR) is 71.5 cm³/mol. The molecule has 1 N–H and O–H groups in total. The van der Waals surface area contributed by atoms with E-state index in [0.717, 1.165) is 0 Å². The number of carbonyl (C=O) groups is 1. The maximum Gasteiger partial charge on any atom is 0.242 e. The summed E-state index contributed by atoms with van der Waals surface area (Å²) in [6.45, 7) is 5.24. The average molecular weight is 288 g/mol. The first-order valence-corrected chi connectivity index (χ1v) is 7.21. The van der Waals surface area contributed by atoms with Gasteiger partial charge in [-0.1, -0.05) is 24.6 Å². The van der Waals surface area contributed by atoms with Gasteiger partial charge in [0.15, 0.2) is 5.78 Å². The molecule has 0 heterocycles. The van der Waals surface area contributed by atoms with Crippen LogP contribution in [-0.2, 0) is 10.0 Å². The smallest absolute Gasteiger partial charge is 0.242 e. The Bertz CT molecular complexity index is 567. The number of carbonyl (C=O) groups excluding carboxylic acids is 1. The van der Waals surface area contributed by atoms with E-state index in [1.165, 1.54) is 24.3 Å². The van der Waals surface area contributed by atoms with Gasteiger partial charge in [-0.2, -0.15) is 0 Å². The van der Waals surface area contributed by atoms with Gasteiger partial charge in [-0.3, -0.25) is 4.79 Å². The van der Waals surface area contributed by atoms with E-state index in [-0.39, 0.29) is 22.2 Å². The first-order valence-electron chi connectivity index (χ1n) is 5.35. The Balaban J connectivity index is 3.23. The van der Waals surface area contributed by atoms with Gasteiger partial charge in [0.25, 0.3) is 0 Å². The molecule has 0 saturated carbocycles. The van der Waals surface area contributed by atoms with Crippen molar-refractivity contribution in [1.82, 2.24) is 4.72 Å². The number of ketones is 1. The van der Waals surface area contributed by atoms with Gasteiger partial charge >= 0.3 is 0 Å². The van der Waals surface area contributed by atoms with Crippen molar-refractivity contribution in [2.24, 2.45) is 0 Å². The van der Waals surface area contributed by atoms with Crippen molar-refractivity contribution in [3.8, 4) is 0 Å². The number of Topliss-reactive ketones (excluding diaryl/α,β-unsaturated/α-hetero) is 1. The van der Waals surface area contributed by atoms with Crippen LogP contribution >= 0.6 is 11.6 Å². The maximum atomic E-state index is 11.9. The van der Waals surface area contributed by atoms with Gasteiger partial charge in [0.1, 0.15) is 4.90 Å². The van der Waals surface area contributed by atoms with Crippen molar-refractivity contribution in [3.63, 3.8) is 0 Å². The Morgan fingerprint density at radius 3 is 2.72 bits per heavy atom. The van der Waals surface area contributed by atoms with Gasteiger partial charge in [0.2, 0.25) is 10.0 Å². The summed E-state index contributed by atoms with van der Waals surface area (Å²) in [5, 5.41) is 0.0826. The molecule has 0 saturated heterocycles. The Labute approximate surface area is 112 Å². The van der Waals surface area contributed by atoms with Crippen molar-refractivity contribution >= 4 is 27.4 Å². The van der Waals surface area contributed by atoms with Gasteiger partial charge in [0, 0.05) is 18.5 Å². The standard InChI is InChI=1S/C12H14ClNO3S/c1-3-7-14-18(16,17)12-8-9(11(15)4-2)5-6-10(12)13/h3,5-6,8,14H,1,4,7H2,2H3. The van der Waals surface area contributed by atoms with E-state index >= 15 is 0 Å². The van der Waals surface area contributed by atoms with Crippen LogP contribution < -0.4 is 4.72 Å². The molecule has 0 bridgehead atoms. The topological polar surface area (TPSA) is 63.2 Å². The van der Waals surface area contributed by atoms with Crippen molar-refractivity contribution in [3.05, 3.63) is 41.4 Å². The zero-order chi connectivity index (χ0) is 13.8. The fraction of sp³-hybridized carbons (Fsp3) is 0.250. The molecule has 18 heavy (non-hydrogen) atoms. The summed E-state index contributed by atoms with van der Waals surface area (Å²) in [7, 11) is -3.72. The third kappa shape index (κ3) is 3.41. The number of benzene rings is 1. The first kappa shape index (κ1) is 14.9. The number of nitrogens with one attached hydrogen (secondary N) is 1. The third-order valence-corrected chi connectivity index (χ3v) is 4.19. The highest BCUT2D eigenvalue weighted by Gasteiger charge is 2.18. The fourth-order valence-corrected chi connectivity index (χ4v) is 2.86. The van der Waals surface area contributed by atoms with Crippen LogP contribution in [0, 0.1) is 0 Å². The van der Waals surface area contributed by atoms with E-state index in [1.54, 1.807) is 6.92 Å². The molecule has 0 aromatic heterocycles. The zero-order valence-corrected chi connectivity index (χ0v) is 11.5. The Morgan fingerprint density at radius 2 is 2.17 bits per heavy atom. The van der Waals surface area contributed by atoms with Gasteiger partial charge in [0.05, 0.1) is 5.02 Å². The Morgan fingerprint density at radius 1 is 1.50 bits per heavy atom. The van der Waals surface area contributed by atoms with Crippen LogP contribution in [0.2, 0.25) is 5.02 Å². The van der Waals surface area contributed by atoms with Gasteiger partial charge in [-0.15, -0.1) is 6.58 Å². The molecule has 0 aliphatic carbocycles. The summed E-state index contributed by atoms with van der Waals surface area (Å²) in [5.74, 6) is -0.133. The second-order valence-electron chi connectivity index (χ2n) is 3.56. The van der Waals surface area contributed by atoms with Crippen molar-refractivity contribution in [2.45, 2.75) is 18.2 Å². The summed E-state index contributed by atoms with van der Waals surface area (Å²) in [5.41, 5.74) is 0.334. The van der Waals surface area contributed by atoms with E-state index in [2.05, 4.69) is 11.3 Å². The molecule has 0 amide bonds. The molecule has 1 rings (SSSR count). The minimum absolute atomic E-state index is 0.0826. The van der Waals surface area contributed by atoms with Crippen molar-refractivity contribution in [1.29, 1.82) is 0 Å². The highest BCUT2D eigenvalue weighted by atomic mass is 35.5.